The Labute approximate surface area is 193 Å². The first-order valence-electron chi connectivity index (χ1n) is 10.8. The Morgan fingerprint density at radius 2 is 1.76 bits per heavy atom. The summed E-state index contributed by atoms with van der Waals surface area (Å²) < 4.78 is 55.1. The molecule has 0 spiro atoms. The molecular formula is C25H22F3NO5. The largest absolute Gasteiger partial charge is 0.482 e. The number of ether oxygens (including phenoxy) is 2. The average molecular weight is 473 g/mol. The molecule has 2 aliphatic rings. The zero-order valence-electron chi connectivity index (χ0n) is 18.1. The van der Waals surface area contributed by atoms with Gasteiger partial charge in [-0.25, -0.2) is 0 Å². The van der Waals surface area contributed by atoms with E-state index in [4.69, 9.17) is 13.9 Å². The minimum Gasteiger partial charge on any atom is -0.482 e. The first-order valence-corrected chi connectivity index (χ1v) is 10.8. The van der Waals surface area contributed by atoms with Crippen molar-refractivity contribution in [2.75, 3.05) is 13.2 Å². The fourth-order valence-electron chi connectivity index (χ4n) is 4.13. The predicted molar refractivity (Wildman–Crippen MR) is 115 cm³/mol. The van der Waals surface area contributed by atoms with E-state index in [2.05, 4.69) is 0 Å². The summed E-state index contributed by atoms with van der Waals surface area (Å²) in [7, 11) is 0. The van der Waals surface area contributed by atoms with E-state index in [1.54, 1.807) is 12.1 Å². The maximum atomic E-state index is 12.9. The highest BCUT2D eigenvalue weighted by atomic mass is 19.4. The zero-order valence-corrected chi connectivity index (χ0v) is 18.1. The molecule has 0 bridgehead atoms. The third-order valence-electron chi connectivity index (χ3n) is 6.12. The molecule has 6 nitrogen and oxygen atoms in total. The molecule has 178 valence electrons. The smallest absolute Gasteiger partial charge is 0.416 e. The highest BCUT2D eigenvalue weighted by Crippen LogP contribution is 2.33. The Morgan fingerprint density at radius 1 is 1.03 bits per heavy atom. The van der Waals surface area contributed by atoms with Crippen molar-refractivity contribution in [2.24, 2.45) is 0 Å². The van der Waals surface area contributed by atoms with Crippen LogP contribution in [0, 0.1) is 0 Å². The second-order valence-corrected chi connectivity index (χ2v) is 8.71. The third-order valence-corrected chi connectivity index (χ3v) is 6.12. The molecule has 3 heterocycles. The molecule has 2 aliphatic heterocycles. The second kappa shape index (κ2) is 8.57. The molecular weight excluding hydrogens is 451 g/mol. The Hall–Kier alpha value is -3.14. The molecule has 34 heavy (non-hydrogen) atoms. The fourth-order valence-corrected chi connectivity index (χ4v) is 4.13. The van der Waals surface area contributed by atoms with Crippen molar-refractivity contribution in [3.05, 3.63) is 98.6 Å². The number of nitrogens with zero attached hydrogens (tertiary/aromatic N) is 1. The summed E-state index contributed by atoms with van der Waals surface area (Å²) in [5.41, 5.74) is 1.11. The molecule has 1 saturated heterocycles. The van der Waals surface area contributed by atoms with Gasteiger partial charge in [0.25, 0.3) is 0 Å². The van der Waals surface area contributed by atoms with Crippen LogP contribution in [-0.2, 0) is 42.8 Å². The lowest BCUT2D eigenvalue weighted by Gasteiger charge is -2.36. The number of benzene rings is 2. The van der Waals surface area contributed by atoms with Gasteiger partial charge < -0.3 is 19.0 Å². The van der Waals surface area contributed by atoms with Gasteiger partial charge >= 0.3 is 6.18 Å². The van der Waals surface area contributed by atoms with Crippen LogP contribution in [0.4, 0.5) is 13.2 Å². The summed E-state index contributed by atoms with van der Waals surface area (Å²) in [5.74, 6) is 0.472. The molecule has 1 aromatic heterocycles. The predicted octanol–water partition coefficient (Wildman–Crippen LogP) is 3.97. The van der Waals surface area contributed by atoms with Gasteiger partial charge in [-0.15, -0.1) is 0 Å². The van der Waals surface area contributed by atoms with Crippen molar-refractivity contribution in [3.8, 4) is 5.75 Å². The quantitative estimate of drug-likeness (QED) is 0.584. The average Bonchev–Trinajstić information content (AvgIpc) is 3.18. The van der Waals surface area contributed by atoms with Crippen molar-refractivity contribution < 1.29 is 32.2 Å². The number of fused-ring (bicyclic) bond motifs is 1. The van der Waals surface area contributed by atoms with Crippen LogP contribution in [0.5, 0.6) is 5.75 Å². The molecule has 3 aromatic rings. The van der Waals surface area contributed by atoms with Crippen molar-refractivity contribution in [2.45, 2.75) is 38.0 Å². The van der Waals surface area contributed by atoms with Crippen LogP contribution >= 0.6 is 0 Å². The van der Waals surface area contributed by atoms with E-state index in [0.717, 1.165) is 22.8 Å². The van der Waals surface area contributed by atoms with E-state index in [9.17, 15) is 23.1 Å². The van der Waals surface area contributed by atoms with E-state index in [1.165, 1.54) is 24.5 Å². The van der Waals surface area contributed by atoms with E-state index in [-0.39, 0.29) is 31.0 Å². The van der Waals surface area contributed by atoms with Gasteiger partial charge in [-0.1, -0.05) is 30.3 Å². The summed E-state index contributed by atoms with van der Waals surface area (Å²) in [6.07, 6.45) is -3.12. The Balaban J connectivity index is 1.18. The molecule has 5 rings (SSSR count). The van der Waals surface area contributed by atoms with Crippen LogP contribution in [0.15, 0.2) is 64.0 Å². The highest BCUT2D eigenvalue weighted by Gasteiger charge is 2.37. The topological polar surface area (TPSA) is 72.1 Å². The molecule has 9 heteroatoms. The van der Waals surface area contributed by atoms with Gasteiger partial charge in [0.05, 0.1) is 25.3 Å². The van der Waals surface area contributed by atoms with Gasteiger partial charge in [-0.3, -0.25) is 9.69 Å². The molecule has 1 fully saturated rings. The van der Waals surface area contributed by atoms with Crippen molar-refractivity contribution in [1.82, 2.24) is 4.90 Å². The molecule has 0 atom stereocenters. The lowest BCUT2D eigenvalue weighted by Crippen LogP contribution is -2.46. The van der Waals surface area contributed by atoms with Crippen LogP contribution in [0.2, 0.25) is 0 Å². The Morgan fingerprint density at radius 3 is 2.41 bits per heavy atom. The Kier molecular flexibility index (Phi) is 5.71. The van der Waals surface area contributed by atoms with E-state index >= 15 is 0 Å². The van der Waals surface area contributed by atoms with E-state index in [1.807, 2.05) is 17.0 Å². The SMILES string of the molecule is O=c1cc(CN2Cc3ccc(C(F)(F)F)cc3C2)occ1OCc1ccc(C2(O)COC2)cc1. The summed E-state index contributed by atoms with van der Waals surface area (Å²) in [4.78, 5) is 14.4. The maximum absolute atomic E-state index is 12.9. The van der Waals surface area contributed by atoms with Gasteiger partial charge in [0.2, 0.25) is 11.2 Å². The van der Waals surface area contributed by atoms with Gasteiger partial charge in [-0.05, 0) is 34.4 Å². The maximum Gasteiger partial charge on any atom is 0.416 e. The monoisotopic (exact) mass is 473 g/mol. The number of hydrogen-bond acceptors (Lipinski definition) is 6. The number of rotatable bonds is 6. The normalized spacial score (nSPS) is 17.3. The van der Waals surface area contributed by atoms with Crippen molar-refractivity contribution in [1.29, 1.82) is 0 Å². The molecule has 0 unspecified atom stereocenters. The molecule has 2 aromatic carbocycles. The fraction of sp³-hybridized carbons (Fsp3) is 0.320. The third kappa shape index (κ3) is 4.59. The lowest BCUT2D eigenvalue weighted by atomic mass is 9.91. The molecule has 0 amide bonds. The van der Waals surface area contributed by atoms with Crippen LogP contribution in [0.25, 0.3) is 0 Å². The minimum absolute atomic E-state index is 0.0679. The second-order valence-electron chi connectivity index (χ2n) is 8.71. The van der Waals surface area contributed by atoms with Crippen LogP contribution in [0.1, 0.15) is 33.6 Å². The van der Waals surface area contributed by atoms with Gasteiger partial charge in [-0.2, -0.15) is 13.2 Å². The number of alkyl halides is 3. The van der Waals surface area contributed by atoms with Crippen LogP contribution in [0.3, 0.4) is 0 Å². The number of halogens is 3. The van der Waals surface area contributed by atoms with E-state index < -0.39 is 17.3 Å². The molecule has 0 saturated carbocycles. The standard InChI is InChI=1S/C25H22F3NO5/c26-25(27,28)20-6-3-17-9-29(10-18(17)7-20)11-21-8-22(30)23(13-33-21)34-12-16-1-4-19(5-2-16)24(31)14-32-15-24/h1-8,13,31H,9-12,14-15H2. The minimum atomic E-state index is -4.38. The van der Waals surface area contributed by atoms with Crippen molar-refractivity contribution in [3.63, 3.8) is 0 Å². The first-order chi connectivity index (χ1) is 16.2. The summed E-state index contributed by atoms with van der Waals surface area (Å²) in [6, 6.07) is 12.3. The van der Waals surface area contributed by atoms with Crippen LogP contribution in [-0.4, -0.2) is 23.2 Å². The molecule has 1 N–H and O–H groups in total. The van der Waals surface area contributed by atoms with Gasteiger partial charge in [0.15, 0.2) is 0 Å². The van der Waals surface area contributed by atoms with Crippen LogP contribution < -0.4 is 10.2 Å². The number of hydrogen-bond donors (Lipinski definition) is 1. The lowest BCUT2D eigenvalue weighted by molar-refractivity contribution is -0.184. The Bertz CT molecular complexity index is 1250. The van der Waals surface area contributed by atoms with Gasteiger partial charge in [0, 0.05) is 19.2 Å². The zero-order chi connectivity index (χ0) is 23.9. The molecule has 0 aliphatic carbocycles. The molecule has 0 radical (unpaired) electrons. The van der Waals surface area contributed by atoms with Gasteiger partial charge in [0.1, 0.15) is 24.2 Å². The highest BCUT2D eigenvalue weighted by molar-refractivity contribution is 5.36. The summed E-state index contributed by atoms with van der Waals surface area (Å²) in [5, 5.41) is 10.3. The summed E-state index contributed by atoms with van der Waals surface area (Å²) in [6.45, 7) is 1.82. The first kappa shape index (κ1) is 22.6. The number of aliphatic hydroxyl groups is 1. The van der Waals surface area contributed by atoms with Crippen molar-refractivity contribution >= 4 is 0 Å². The summed E-state index contributed by atoms with van der Waals surface area (Å²) >= 11 is 0. The van der Waals surface area contributed by atoms with E-state index in [0.29, 0.717) is 31.0 Å².